The monoisotopic (exact) mass is 276 g/mol. The summed E-state index contributed by atoms with van der Waals surface area (Å²) in [5, 5.41) is 0. The molecule has 0 radical (unpaired) electrons. The smallest absolute Gasteiger partial charge is 0.410 e. The van der Waals surface area contributed by atoms with Crippen LogP contribution in [-0.4, -0.2) is 49.0 Å². The van der Waals surface area contributed by atoms with Gasteiger partial charge in [0.25, 0.3) is 0 Å². The zero-order chi connectivity index (χ0) is 14.5. The minimum Gasteiger partial charge on any atom is -0.445 e. The van der Waals surface area contributed by atoms with Gasteiger partial charge in [-0.15, -0.1) is 0 Å². The lowest BCUT2D eigenvalue weighted by Crippen LogP contribution is -2.34. The highest BCUT2D eigenvalue weighted by Crippen LogP contribution is 2.19. The van der Waals surface area contributed by atoms with E-state index >= 15 is 0 Å². The largest absolute Gasteiger partial charge is 0.445 e. The third kappa shape index (κ3) is 3.50. The van der Waals surface area contributed by atoms with E-state index in [4.69, 9.17) is 4.74 Å². The standard InChI is InChI=1S/C15H20N2O3/c1-16(2)14(18)13-8-9-17(10-13)15(19)20-11-12-6-4-3-5-7-12/h3-7,13H,8-11H2,1-2H3. The number of rotatable bonds is 3. The lowest BCUT2D eigenvalue weighted by molar-refractivity contribution is -0.132. The van der Waals surface area contributed by atoms with Gasteiger partial charge in [-0.1, -0.05) is 30.3 Å². The van der Waals surface area contributed by atoms with Gasteiger partial charge in [-0.3, -0.25) is 4.79 Å². The molecular formula is C15H20N2O3. The minimum atomic E-state index is -0.345. The molecule has 0 bridgehead atoms. The summed E-state index contributed by atoms with van der Waals surface area (Å²) in [7, 11) is 3.47. The maximum atomic E-state index is 11.9. The van der Waals surface area contributed by atoms with E-state index in [1.54, 1.807) is 23.9 Å². The van der Waals surface area contributed by atoms with Crippen molar-refractivity contribution in [2.45, 2.75) is 13.0 Å². The minimum absolute atomic E-state index is 0.0726. The first kappa shape index (κ1) is 14.4. The number of amides is 2. The van der Waals surface area contributed by atoms with Crippen LogP contribution >= 0.6 is 0 Å². The molecule has 1 unspecified atom stereocenters. The van der Waals surface area contributed by atoms with Gasteiger partial charge in [-0.2, -0.15) is 0 Å². The highest BCUT2D eigenvalue weighted by atomic mass is 16.6. The van der Waals surface area contributed by atoms with Crippen LogP contribution in [0, 0.1) is 5.92 Å². The molecule has 1 aliphatic rings. The predicted octanol–water partition coefficient (Wildman–Crippen LogP) is 1.73. The predicted molar refractivity (Wildman–Crippen MR) is 75.0 cm³/mol. The molecule has 0 aliphatic carbocycles. The van der Waals surface area contributed by atoms with Gasteiger partial charge in [0, 0.05) is 27.2 Å². The van der Waals surface area contributed by atoms with Crippen LogP contribution in [0.25, 0.3) is 0 Å². The Morgan fingerprint density at radius 1 is 1.30 bits per heavy atom. The normalized spacial score (nSPS) is 17.9. The van der Waals surface area contributed by atoms with Gasteiger partial charge in [0.1, 0.15) is 6.61 Å². The van der Waals surface area contributed by atoms with E-state index < -0.39 is 0 Å². The number of likely N-dealkylation sites (tertiary alicyclic amines) is 1. The molecule has 108 valence electrons. The molecule has 0 N–H and O–H groups in total. The summed E-state index contributed by atoms with van der Waals surface area (Å²) in [6, 6.07) is 9.56. The van der Waals surface area contributed by atoms with E-state index in [-0.39, 0.29) is 24.5 Å². The maximum Gasteiger partial charge on any atom is 0.410 e. The number of hydrogen-bond acceptors (Lipinski definition) is 3. The van der Waals surface area contributed by atoms with Crippen molar-refractivity contribution in [2.75, 3.05) is 27.2 Å². The Hall–Kier alpha value is -2.04. The summed E-state index contributed by atoms with van der Waals surface area (Å²) >= 11 is 0. The van der Waals surface area contributed by atoms with Gasteiger partial charge >= 0.3 is 6.09 Å². The second-order valence-electron chi connectivity index (χ2n) is 5.20. The lowest BCUT2D eigenvalue weighted by Gasteiger charge is -2.18. The van der Waals surface area contributed by atoms with E-state index in [1.807, 2.05) is 30.3 Å². The zero-order valence-corrected chi connectivity index (χ0v) is 11.9. The molecule has 1 aliphatic heterocycles. The summed E-state index contributed by atoms with van der Waals surface area (Å²) in [5.74, 6) is -0.0300. The molecule has 1 fully saturated rings. The van der Waals surface area contributed by atoms with Crippen LogP contribution in [0.4, 0.5) is 4.79 Å². The van der Waals surface area contributed by atoms with Gasteiger partial charge in [-0.05, 0) is 12.0 Å². The second kappa shape index (κ2) is 6.41. The third-order valence-corrected chi connectivity index (χ3v) is 3.44. The van der Waals surface area contributed by atoms with Crippen molar-refractivity contribution < 1.29 is 14.3 Å². The van der Waals surface area contributed by atoms with Crippen LogP contribution < -0.4 is 0 Å². The number of carbonyl (C=O) groups excluding carboxylic acids is 2. The first-order valence-electron chi connectivity index (χ1n) is 6.74. The number of carbonyl (C=O) groups is 2. The van der Waals surface area contributed by atoms with E-state index in [2.05, 4.69) is 0 Å². The molecule has 2 amide bonds. The van der Waals surface area contributed by atoms with Gasteiger partial charge in [-0.25, -0.2) is 4.79 Å². The summed E-state index contributed by atoms with van der Waals surface area (Å²) in [6.45, 7) is 1.30. The SMILES string of the molecule is CN(C)C(=O)C1CCN(C(=O)OCc2ccccc2)C1. The highest BCUT2D eigenvalue weighted by Gasteiger charge is 2.32. The van der Waals surface area contributed by atoms with E-state index in [0.717, 1.165) is 5.56 Å². The van der Waals surface area contributed by atoms with E-state index in [0.29, 0.717) is 19.5 Å². The van der Waals surface area contributed by atoms with Crippen molar-refractivity contribution in [2.24, 2.45) is 5.92 Å². The number of nitrogens with zero attached hydrogens (tertiary/aromatic N) is 2. The average molecular weight is 276 g/mol. The molecule has 20 heavy (non-hydrogen) atoms. The quantitative estimate of drug-likeness (QED) is 0.845. The number of ether oxygens (including phenoxy) is 1. The van der Waals surface area contributed by atoms with Crippen LogP contribution in [0.5, 0.6) is 0 Å². The van der Waals surface area contributed by atoms with Gasteiger partial charge in [0.2, 0.25) is 5.91 Å². The van der Waals surface area contributed by atoms with Crippen molar-refractivity contribution in [1.82, 2.24) is 9.80 Å². The van der Waals surface area contributed by atoms with E-state index in [1.165, 1.54) is 0 Å². The first-order chi connectivity index (χ1) is 9.58. The van der Waals surface area contributed by atoms with Gasteiger partial charge in [0.05, 0.1) is 5.92 Å². The van der Waals surface area contributed by atoms with Crippen LogP contribution in [0.15, 0.2) is 30.3 Å². The second-order valence-corrected chi connectivity index (χ2v) is 5.20. The summed E-state index contributed by atoms with van der Waals surface area (Å²) in [5.41, 5.74) is 0.959. The molecule has 1 aromatic rings. The van der Waals surface area contributed by atoms with Gasteiger partial charge < -0.3 is 14.5 Å². The number of hydrogen-bond donors (Lipinski definition) is 0. The first-order valence-corrected chi connectivity index (χ1v) is 6.74. The molecule has 0 aromatic heterocycles. The van der Waals surface area contributed by atoms with Crippen molar-refractivity contribution in [3.63, 3.8) is 0 Å². The summed E-state index contributed by atoms with van der Waals surface area (Å²) in [4.78, 5) is 27.0. The Morgan fingerprint density at radius 2 is 2.00 bits per heavy atom. The average Bonchev–Trinajstić information content (AvgIpc) is 2.94. The molecule has 0 saturated carbocycles. The van der Waals surface area contributed by atoms with Crippen LogP contribution in [0.2, 0.25) is 0 Å². The van der Waals surface area contributed by atoms with Crippen molar-refractivity contribution >= 4 is 12.0 Å². The summed E-state index contributed by atoms with van der Waals surface area (Å²) < 4.78 is 5.26. The van der Waals surface area contributed by atoms with Crippen molar-refractivity contribution in [1.29, 1.82) is 0 Å². The topological polar surface area (TPSA) is 49.9 Å². The van der Waals surface area contributed by atoms with Crippen LogP contribution in [0.3, 0.4) is 0 Å². The maximum absolute atomic E-state index is 11.9. The fraction of sp³-hybridized carbons (Fsp3) is 0.467. The van der Waals surface area contributed by atoms with E-state index in [9.17, 15) is 9.59 Å². The lowest BCUT2D eigenvalue weighted by atomic mass is 10.1. The molecular weight excluding hydrogens is 256 g/mol. The fourth-order valence-corrected chi connectivity index (χ4v) is 2.30. The molecule has 0 spiro atoms. The van der Waals surface area contributed by atoms with Crippen molar-refractivity contribution in [3.05, 3.63) is 35.9 Å². The molecule has 1 saturated heterocycles. The van der Waals surface area contributed by atoms with Crippen LogP contribution in [0.1, 0.15) is 12.0 Å². The third-order valence-electron chi connectivity index (χ3n) is 3.44. The molecule has 2 rings (SSSR count). The highest BCUT2D eigenvalue weighted by molar-refractivity contribution is 5.80. The number of benzene rings is 1. The molecule has 5 nitrogen and oxygen atoms in total. The van der Waals surface area contributed by atoms with Crippen LogP contribution in [-0.2, 0) is 16.1 Å². The Bertz CT molecular complexity index is 473. The Labute approximate surface area is 119 Å². The van der Waals surface area contributed by atoms with Crippen molar-refractivity contribution in [3.8, 4) is 0 Å². The molecule has 5 heteroatoms. The Balaban J connectivity index is 1.81. The zero-order valence-electron chi connectivity index (χ0n) is 11.9. The molecule has 1 aromatic carbocycles. The molecule has 1 atom stereocenters. The Kier molecular flexibility index (Phi) is 4.61. The van der Waals surface area contributed by atoms with Gasteiger partial charge in [0.15, 0.2) is 0 Å². The Morgan fingerprint density at radius 3 is 2.65 bits per heavy atom. The molecule has 1 heterocycles. The fourth-order valence-electron chi connectivity index (χ4n) is 2.30. The summed E-state index contributed by atoms with van der Waals surface area (Å²) in [6.07, 6.45) is 0.361.